The normalized spacial score (nSPS) is 11.5. The molecule has 0 N–H and O–H groups in total. The van der Waals surface area contributed by atoms with E-state index < -0.39 is 0 Å². The molecule has 90 valence electrons. The zero-order valence-electron chi connectivity index (χ0n) is 11.8. The molecule has 2 aromatic rings. The van der Waals surface area contributed by atoms with Crippen molar-refractivity contribution in [3.05, 3.63) is 46.0 Å². The van der Waals surface area contributed by atoms with Gasteiger partial charge in [0.2, 0.25) is 0 Å². The van der Waals surface area contributed by atoms with E-state index in [9.17, 15) is 0 Å². The van der Waals surface area contributed by atoms with Gasteiger partial charge in [0.25, 0.3) is 0 Å². The summed E-state index contributed by atoms with van der Waals surface area (Å²) in [6.07, 6.45) is 0. The van der Waals surface area contributed by atoms with Crippen LogP contribution in [0.15, 0.2) is 18.2 Å². The maximum atomic E-state index is 2.36. The predicted octanol–water partition coefficient (Wildman–Crippen LogP) is 5.20. The van der Waals surface area contributed by atoms with Crippen LogP contribution in [-0.4, -0.2) is 0 Å². The molecule has 0 heterocycles. The molecule has 0 saturated carbocycles. The van der Waals surface area contributed by atoms with Gasteiger partial charge in [-0.1, -0.05) is 32.0 Å². The summed E-state index contributed by atoms with van der Waals surface area (Å²) >= 11 is 0. The van der Waals surface area contributed by atoms with Crippen molar-refractivity contribution in [3.63, 3.8) is 0 Å². The Balaban J connectivity index is 2.94. The van der Waals surface area contributed by atoms with Crippen LogP contribution in [0.5, 0.6) is 0 Å². The Morgan fingerprint density at radius 2 is 1.24 bits per heavy atom. The first-order chi connectivity index (χ1) is 7.91. The van der Waals surface area contributed by atoms with Crippen molar-refractivity contribution >= 4 is 10.8 Å². The summed E-state index contributed by atoms with van der Waals surface area (Å²) in [7, 11) is 0. The molecule has 17 heavy (non-hydrogen) atoms. The fourth-order valence-corrected chi connectivity index (χ4v) is 2.47. The molecule has 0 heteroatoms. The Kier molecular flexibility index (Phi) is 2.99. The van der Waals surface area contributed by atoms with Crippen LogP contribution in [0.25, 0.3) is 10.8 Å². The van der Waals surface area contributed by atoms with Crippen molar-refractivity contribution in [1.82, 2.24) is 0 Å². The first-order valence-electron chi connectivity index (χ1n) is 6.43. The highest BCUT2D eigenvalue weighted by atomic mass is 14.1. The van der Waals surface area contributed by atoms with E-state index in [-0.39, 0.29) is 0 Å². The minimum atomic E-state index is 0.582. The third-order valence-corrected chi connectivity index (χ3v) is 3.93. The van der Waals surface area contributed by atoms with E-state index in [1.165, 1.54) is 38.6 Å². The lowest BCUT2D eigenvalue weighted by molar-refractivity contribution is 0.874. The molecule has 0 unspecified atom stereocenters. The first kappa shape index (κ1) is 12.2. The zero-order chi connectivity index (χ0) is 12.7. The maximum Gasteiger partial charge on any atom is -0.0144 e. The summed E-state index contributed by atoms with van der Waals surface area (Å²) < 4.78 is 0. The second-order valence-electron chi connectivity index (χ2n) is 5.54. The Bertz CT molecular complexity index is 574. The first-order valence-corrected chi connectivity index (χ1v) is 6.43. The van der Waals surface area contributed by atoms with Crippen molar-refractivity contribution in [2.24, 2.45) is 0 Å². The Morgan fingerprint density at radius 3 is 1.76 bits per heavy atom. The molecule has 0 radical (unpaired) electrons. The van der Waals surface area contributed by atoms with Gasteiger partial charge in [-0.15, -0.1) is 0 Å². The molecule has 0 bridgehead atoms. The highest BCUT2D eigenvalue weighted by Crippen LogP contribution is 2.32. The largest absolute Gasteiger partial charge is 0.0587 e. The minimum Gasteiger partial charge on any atom is -0.0587 e. The second-order valence-corrected chi connectivity index (χ2v) is 5.54. The standard InChI is InChI=1S/C17H22/c1-10(2)15-9-13(5)14(6)16-7-11(3)12(4)8-17(15)16/h7-10H,1-6H3. The van der Waals surface area contributed by atoms with Crippen LogP contribution >= 0.6 is 0 Å². The van der Waals surface area contributed by atoms with Crippen molar-refractivity contribution in [2.45, 2.75) is 47.5 Å². The average Bonchev–Trinajstić information content (AvgIpc) is 2.26. The summed E-state index contributed by atoms with van der Waals surface area (Å²) in [5, 5.41) is 2.86. The van der Waals surface area contributed by atoms with E-state index in [1.807, 2.05) is 0 Å². The molecule has 2 aromatic carbocycles. The molecular weight excluding hydrogens is 204 g/mol. The van der Waals surface area contributed by atoms with E-state index in [0.717, 1.165) is 0 Å². The highest BCUT2D eigenvalue weighted by Gasteiger charge is 2.10. The van der Waals surface area contributed by atoms with E-state index in [0.29, 0.717) is 5.92 Å². The molecule has 0 atom stereocenters. The summed E-state index contributed by atoms with van der Waals surface area (Å²) in [5.41, 5.74) is 7.09. The molecule has 0 nitrogen and oxygen atoms in total. The molecule has 0 aliphatic rings. The highest BCUT2D eigenvalue weighted by molar-refractivity contribution is 5.91. The van der Waals surface area contributed by atoms with Crippen LogP contribution in [0.4, 0.5) is 0 Å². The summed E-state index contributed by atoms with van der Waals surface area (Å²) in [4.78, 5) is 0. The summed E-state index contributed by atoms with van der Waals surface area (Å²) in [5.74, 6) is 0.582. The van der Waals surface area contributed by atoms with Gasteiger partial charge in [0.05, 0.1) is 0 Å². The van der Waals surface area contributed by atoms with E-state index in [2.05, 4.69) is 59.7 Å². The van der Waals surface area contributed by atoms with Crippen molar-refractivity contribution < 1.29 is 0 Å². The lowest BCUT2D eigenvalue weighted by Gasteiger charge is -2.16. The minimum absolute atomic E-state index is 0.582. The average molecular weight is 226 g/mol. The smallest absolute Gasteiger partial charge is 0.0144 e. The number of aryl methyl sites for hydroxylation is 4. The Labute approximate surface area is 105 Å². The quantitative estimate of drug-likeness (QED) is 0.627. The number of hydrogen-bond acceptors (Lipinski definition) is 0. The van der Waals surface area contributed by atoms with Crippen molar-refractivity contribution in [2.75, 3.05) is 0 Å². The molecular formula is C17H22. The van der Waals surface area contributed by atoms with Crippen LogP contribution in [0.2, 0.25) is 0 Å². The second kappa shape index (κ2) is 4.18. The van der Waals surface area contributed by atoms with Crippen LogP contribution in [0.1, 0.15) is 47.6 Å². The van der Waals surface area contributed by atoms with Gasteiger partial charge >= 0.3 is 0 Å². The van der Waals surface area contributed by atoms with Gasteiger partial charge in [0.15, 0.2) is 0 Å². The Morgan fingerprint density at radius 1 is 0.706 bits per heavy atom. The fraction of sp³-hybridized carbons (Fsp3) is 0.412. The van der Waals surface area contributed by atoms with E-state index >= 15 is 0 Å². The molecule has 0 saturated heterocycles. The topological polar surface area (TPSA) is 0 Å². The van der Waals surface area contributed by atoms with Crippen LogP contribution in [-0.2, 0) is 0 Å². The van der Waals surface area contributed by atoms with E-state index in [1.54, 1.807) is 0 Å². The molecule has 0 aromatic heterocycles. The molecule has 0 aliphatic carbocycles. The molecule has 0 spiro atoms. The van der Waals surface area contributed by atoms with Crippen molar-refractivity contribution in [1.29, 1.82) is 0 Å². The van der Waals surface area contributed by atoms with Crippen LogP contribution in [0, 0.1) is 27.7 Å². The summed E-state index contributed by atoms with van der Waals surface area (Å²) in [6, 6.07) is 7.06. The molecule has 0 aliphatic heterocycles. The van der Waals surface area contributed by atoms with Gasteiger partial charge in [-0.3, -0.25) is 0 Å². The number of rotatable bonds is 1. The van der Waals surface area contributed by atoms with E-state index in [4.69, 9.17) is 0 Å². The third-order valence-electron chi connectivity index (χ3n) is 3.93. The van der Waals surface area contributed by atoms with Gasteiger partial charge in [-0.05, 0) is 72.2 Å². The molecule has 0 fully saturated rings. The van der Waals surface area contributed by atoms with Gasteiger partial charge in [-0.2, -0.15) is 0 Å². The third kappa shape index (κ3) is 1.97. The van der Waals surface area contributed by atoms with Gasteiger partial charge in [-0.25, -0.2) is 0 Å². The lowest BCUT2D eigenvalue weighted by atomic mass is 9.89. The molecule has 2 rings (SSSR count). The summed E-state index contributed by atoms with van der Waals surface area (Å²) in [6.45, 7) is 13.4. The van der Waals surface area contributed by atoms with Crippen LogP contribution in [0.3, 0.4) is 0 Å². The number of fused-ring (bicyclic) bond motifs is 1. The predicted molar refractivity (Wildman–Crippen MR) is 77.0 cm³/mol. The van der Waals surface area contributed by atoms with Gasteiger partial charge in [0, 0.05) is 0 Å². The van der Waals surface area contributed by atoms with Crippen molar-refractivity contribution in [3.8, 4) is 0 Å². The van der Waals surface area contributed by atoms with Gasteiger partial charge < -0.3 is 0 Å². The van der Waals surface area contributed by atoms with Gasteiger partial charge in [0.1, 0.15) is 0 Å². The Hall–Kier alpha value is -1.30. The molecule has 0 amide bonds. The fourth-order valence-electron chi connectivity index (χ4n) is 2.47. The maximum absolute atomic E-state index is 2.36. The number of hydrogen-bond donors (Lipinski definition) is 0. The lowest BCUT2D eigenvalue weighted by Crippen LogP contribution is -1.96. The number of benzene rings is 2. The zero-order valence-corrected chi connectivity index (χ0v) is 11.8. The SMILES string of the molecule is Cc1cc2c(C(C)C)cc(C)c(C)c2cc1C. The monoisotopic (exact) mass is 226 g/mol. The van der Waals surface area contributed by atoms with Crippen LogP contribution < -0.4 is 0 Å².